The predicted octanol–water partition coefficient (Wildman–Crippen LogP) is 5.45. The van der Waals surface area contributed by atoms with Gasteiger partial charge in [-0.15, -0.1) is 0 Å². The number of nitrogens with one attached hydrogen (secondary N) is 3. The molecule has 3 amide bonds. The molecule has 5 heteroatoms. The highest BCUT2D eigenvalue weighted by atomic mass is 16.2. The lowest BCUT2D eigenvalue weighted by molar-refractivity contribution is -0.123. The van der Waals surface area contributed by atoms with Gasteiger partial charge in [-0.2, -0.15) is 0 Å². The molecule has 0 aromatic heterocycles. The van der Waals surface area contributed by atoms with Gasteiger partial charge in [-0.05, 0) is 48.1 Å². The van der Waals surface area contributed by atoms with E-state index in [2.05, 4.69) is 36.7 Å². The van der Waals surface area contributed by atoms with E-state index in [0.717, 1.165) is 24.9 Å². The Hall–Kier alpha value is -2.82. The molecule has 0 aliphatic heterocycles. The molecule has 1 fully saturated rings. The Morgan fingerprint density at radius 2 is 1.38 bits per heavy atom. The van der Waals surface area contributed by atoms with Gasteiger partial charge in [0.05, 0.1) is 0 Å². The zero-order valence-corrected chi connectivity index (χ0v) is 17.5. The van der Waals surface area contributed by atoms with Crippen LogP contribution < -0.4 is 16.0 Å². The number of hydrogen-bond donors (Lipinski definition) is 3. The highest BCUT2D eigenvalue weighted by molar-refractivity contribution is 6.02. The van der Waals surface area contributed by atoms with Gasteiger partial charge in [0.25, 0.3) is 0 Å². The number of carbonyl (C=O) groups excluding carboxylic acids is 2. The molecule has 3 rings (SSSR count). The normalized spacial score (nSPS) is 16.0. The second-order valence-corrected chi connectivity index (χ2v) is 8.87. The molecular formula is C24H31N3O2. The summed E-state index contributed by atoms with van der Waals surface area (Å²) in [6, 6.07) is 16.9. The van der Waals surface area contributed by atoms with Crippen molar-refractivity contribution in [3.05, 3.63) is 60.2 Å². The average molecular weight is 394 g/mol. The Balaban J connectivity index is 1.71. The standard InChI is InChI=1S/C24H31N3O2/c1-23(2,3)18-12-14-20(15-13-18)25-21(28)24(16-8-5-9-17-24)27-22(29)26-19-10-6-4-7-11-19/h4,6-7,10-15H,5,8-9,16-17H2,1-3H3,(H,25,28)(H2,26,27,29). The maximum atomic E-state index is 13.2. The number of para-hydroxylation sites is 1. The van der Waals surface area contributed by atoms with Crippen molar-refractivity contribution in [2.24, 2.45) is 0 Å². The van der Waals surface area contributed by atoms with Crippen molar-refractivity contribution in [3.8, 4) is 0 Å². The first-order valence-electron chi connectivity index (χ1n) is 10.3. The summed E-state index contributed by atoms with van der Waals surface area (Å²) in [5.41, 5.74) is 1.83. The minimum absolute atomic E-state index is 0.0597. The largest absolute Gasteiger partial charge is 0.324 e. The monoisotopic (exact) mass is 393 g/mol. The van der Waals surface area contributed by atoms with Crippen LogP contribution in [0.5, 0.6) is 0 Å². The Morgan fingerprint density at radius 1 is 0.793 bits per heavy atom. The van der Waals surface area contributed by atoms with Crippen LogP contribution in [0.3, 0.4) is 0 Å². The van der Waals surface area contributed by atoms with Crippen molar-refractivity contribution in [3.63, 3.8) is 0 Å². The zero-order chi connectivity index (χ0) is 20.9. The molecule has 0 atom stereocenters. The smallest absolute Gasteiger partial charge is 0.320 e. The van der Waals surface area contributed by atoms with Gasteiger partial charge in [0.15, 0.2) is 0 Å². The van der Waals surface area contributed by atoms with Gasteiger partial charge in [0.2, 0.25) is 5.91 Å². The number of carbonyl (C=O) groups is 2. The molecule has 5 nitrogen and oxygen atoms in total. The molecule has 1 saturated carbocycles. The fourth-order valence-corrected chi connectivity index (χ4v) is 3.77. The molecule has 0 heterocycles. The number of urea groups is 1. The molecule has 1 aliphatic carbocycles. The highest BCUT2D eigenvalue weighted by Crippen LogP contribution is 2.30. The molecule has 0 unspecified atom stereocenters. The lowest BCUT2D eigenvalue weighted by Gasteiger charge is -2.36. The zero-order valence-electron chi connectivity index (χ0n) is 17.5. The van der Waals surface area contributed by atoms with Crippen LogP contribution in [-0.2, 0) is 10.2 Å². The van der Waals surface area contributed by atoms with Crippen LogP contribution in [0.4, 0.5) is 16.2 Å². The van der Waals surface area contributed by atoms with Crippen LogP contribution in [0.25, 0.3) is 0 Å². The summed E-state index contributed by atoms with van der Waals surface area (Å²) in [5.74, 6) is -0.149. The summed E-state index contributed by atoms with van der Waals surface area (Å²) in [6.45, 7) is 6.48. The molecule has 29 heavy (non-hydrogen) atoms. The van der Waals surface area contributed by atoms with Gasteiger partial charge in [0.1, 0.15) is 5.54 Å². The van der Waals surface area contributed by atoms with Crippen LogP contribution in [-0.4, -0.2) is 17.5 Å². The molecule has 2 aromatic carbocycles. The fraction of sp³-hybridized carbons (Fsp3) is 0.417. The summed E-state index contributed by atoms with van der Waals surface area (Å²) in [7, 11) is 0. The predicted molar refractivity (Wildman–Crippen MR) is 118 cm³/mol. The Labute approximate surface area is 173 Å². The first-order chi connectivity index (χ1) is 13.8. The van der Waals surface area contributed by atoms with E-state index >= 15 is 0 Å². The van der Waals surface area contributed by atoms with Gasteiger partial charge >= 0.3 is 6.03 Å². The number of benzene rings is 2. The number of hydrogen-bond acceptors (Lipinski definition) is 2. The van der Waals surface area contributed by atoms with Gasteiger partial charge in [-0.1, -0.05) is 70.4 Å². The van der Waals surface area contributed by atoms with Gasteiger partial charge in [0, 0.05) is 11.4 Å². The molecule has 0 spiro atoms. The van der Waals surface area contributed by atoms with Crippen LogP contribution in [0, 0.1) is 0 Å². The topological polar surface area (TPSA) is 70.2 Å². The summed E-state index contributed by atoms with van der Waals surface area (Å²) in [5, 5.41) is 8.82. The van der Waals surface area contributed by atoms with E-state index in [-0.39, 0.29) is 17.4 Å². The van der Waals surface area contributed by atoms with E-state index < -0.39 is 5.54 Å². The van der Waals surface area contributed by atoms with E-state index in [1.165, 1.54) is 5.56 Å². The molecule has 154 valence electrons. The molecule has 1 aliphatic rings. The molecule has 0 bridgehead atoms. The van der Waals surface area contributed by atoms with Crippen LogP contribution in [0.15, 0.2) is 54.6 Å². The second-order valence-electron chi connectivity index (χ2n) is 8.87. The Morgan fingerprint density at radius 3 is 1.97 bits per heavy atom. The number of rotatable bonds is 4. The third-order valence-electron chi connectivity index (χ3n) is 5.54. The second kappa shape index (κ2) is 8.68. The summed E-state index contributed by atoms with van der Waals surface area (Å²) in [4.78, 5) is 25.8. The number of amides is 3. The first kappa shape index (κ1) is 20.9. The van der Waals surface area contributed by atoms with Crippen molar-refractivity contribution in [1.29, 1.82) is 0 Å². The van der Waals surface area contributed by atoms with Crippen LogP contribution >= 0.6 is 0 Å². The van der Waals surface area contributed by atoms with E-state index in [1.807, 2.05) is 54.6 Å². The van der Waals surface area contributed by atoms with Crippen molar-refractivity contribution in [2.75, 3.05) is 10.6 Å². The van der Waals surface area contributed by atoms with Crippen molar-refractivity contribution in [1.82, 2.24) is 5.32 Å². The minimum atomic E-state index is -0.889. The average Bonchev–Trinajstić information content (AvgIpc) is 2.69. The summed E-state index contributed by atoms with van der Waals surface area (Å²) < 4.78 is 0. The van der Waals surface area contributed by atoms with E-state index in [1.54, 1.807) is 0 Å². The maximum Gasteiger partial charge on any atom is 0.320 e. The molecule has 3 N–H and O–H groups in total. The van der Waals surface area contributed by atoms with Crippen LogP contribution in [0.2, 0.25) is 0 Å². The fourth-order valence-electron chi connectivity index (χ4n) is 3.77. The van der Waals surface area contributed by atoms with Gasteiger partial charge in [-0.3, -0.25) is 4.79 Å². The quantitative estimate of drug-likeness (QED) is 0.647. The molecule has 0 radical (unpaired) electrons. The lowest BCUT2D eigenvalue weighted by atomic mass is 9.80. The Bertz CT molecular complexity index is 833. The molecule has 2 aromatic rings. The first-order valence-corrected chi connectivity index (χ1v) is 10.3. The third-order valence-corrected chi connectivity index (χ3v) is 5.54. The summed E-state index contributed by atoms with van der Waals surface area (Å²) in [6.07, 6.45) is 4.20. The van der Waals surface area contributed by atoms with E-state index in [9.17, 15) is 9.59 Å². The van der Waals surface area contributed by atoms with Gasteiger partial charge in [-0.25, -0.2) is 4.79 Å². The van der Waals surface area contributed by atoms with E-state index in [0.29, 0.717) is 18.5 Å². The summed E-state index contributed by atoms with van der Waals surface area (Å²) >= 11 is 0. The van der Waals surface area contributed by atoms with Crippen molar-refractivity contribution in [2.45, 2.75) is 63.8 Å². The van der Waals surface area contributed by atoms with Gasteiger partial charge < -0.3 is 16.0 Å². The van der Waals surface area contributed by atoms with Crippen molar-refractivity contribution < 1.29 is 9.59 Å². The third kappa shape index (κ3) is 5.37. The Kier molecular flexibility index (Phi) is 6.26. The SMILES string of the molecule is CC(C)(C)c1ccc(NC(=O)C2(NC(=O)Nc3ccccc3)CCCCC2)cc1. The molecular weight excluding hydrogens is 362 g/mol. The maximum absolute atomic E-state index is 13.2. The molecule has 0 saturated heterocycles. The van der Waals surface area contributed by atoms with Crippen molar-refractivity contribution >= 4 is 23.3 Å². The highest BCUT2D eigenvalue weighted by Gasteiger charge is 2.41. The minimum Gasteiger partial charge on any atom is -0.324 e. The van der Waals surface area contributed by atoms with E-state index in [4.69, 9.17) is 0 Å². The lowest BCUT2D eigenvalue weighted by Crippen LogP contribution is -2.58. The van der Waals surface area contributed by atoms with Crippen LogP contribution in [0.1, 0.15) is 58.4 Å². The number of anilines is 2.